The zero-order valence-electron chi connectivity index (χ0n) is 19.1. The number of halogens is 1. The van der Waals surface area contributed by atoms with E-state index in [1.54, 1.807) is 0 Å². The van der Waals surface area contributed by atoms with Crippen molar-refractivity contribution in [1.29, 1.82) is 0 Å². The van der Waals surface area contributed by atoms with Crippen molar-refractivity contribution < 1.29 is 14.7 Å². The first-order chi connectivity index (χ1) is 14.2. The Balaban J connectivity index is 2.03. The van der Waals surface area contributed by atoms with Gasteiger partial charge in [0.25, 0.3) is 0 Å². The second-order valence-electron chi connectivity index (χ2n) is 9.11. The van der Waals surface area contributed by atoms with Crippen molar-refractivity contribution in [3.63, 3.8) is 0 Å². The zero-order valence-corrected chi connectivity index (χ0v) is 19.9. The van der Waals surface area contributed by atoms with Gasteiger partial charge in [0, 0.05) is 17.9 Å². The average Bonchev–Trinajstić information content (AvgIpc) is 3.07. The van der Waals surface area contributed by atoms with E-state index in [4.69, 9.17) is 16.4 Å². The number of ketones is 1. The minimum Gasteiger partial charge on any atom is -0.511 e. The van der Waals surface area contributed by atoms with Gasteiger partial charge < -0.3 is 9.94 Å². The molecule has 0 aliphatic heterocycles. The third-order valence-electron chi connectivity index (χ3n) is 7.12. The van der Waals surface area contributed by atoms with Crippen LogP contribution in [0.15, 0.2) is 16.5 Å². The number of fused-ring (bicyclic) bond motifs is 1. The molecule has 1 aromatic carbocycles. The molecule has 4 nitrogen and oxygen atoms in total. The fraction of sp³-hybridized carbons (Fsp3) is 0.600. The van der Waals surface area contributed by atoms with Gasteiger partial charge in [-0.1, -0.05) is 43.9 Å². The van der Waals surface area contributed by atoms with Crippen LogP contribution in [0.5, 0.6) is 0 Å². The molecular formula is C25H34ClNO3. The number of aliphatic hydroxyl groups is 1. The molecule has 3 rings (SSSR count). The number of carbonyl (C=O) groups is 1. The fourth-order valence-electron chi connectivity index (χ4n) is 5.04. The Kier molecular flexibility index (Phi) is 6.66. The Hall–Kier alpha value is -1.81. The van der Waals surface area contributed by atoms with Crippen LogP contribution in [0, 0.1) is 19.3 Å². The van der Waals surface area contributed by atoms with Crippen LogP contribution in [0.2, 0.25) is 5.02 Å². The third-order valence-corrected chi connectivity index (χ3v) is 7.55. The highest BCUT2D eigenvalue weighted by Gasteiger charge is 2.38. The average molecular weight is 432 g/mol. The van der Waals surface area contributed by atoms with Crippen LogP contribution in [-0.4, -0.2) is 23.2 Å². The number of Topliss-reactive ketones (excluding diaryl/α,β-unsaturated/α-hetero) is 1. The first-order valence-electron chi connectivity index (χ1n) is 11.1. The van der Waals surface area contributed by atoms with Crippen molar-refractivity contribution in [1.82, 2.24) is 0 Å². The number of benzene rings is 1. The van der Waals surface area contributed by atoms with Gasteiger partial charge in [0.2, 0.25) is 0 Å². The second kappa shape index (κ2) is 8.74. The quantitative estimate of drug-likeness (QED) is 0.411. The molecule has 0 fully saturated rings. The van der Waals surface area contributed by atoms with E-state index in [2.05, 4.69) is 32.9 Å². The summed E-state index contributed by atoms with van der Waals surface area (Å²) >= 11 is 6.99. The molecule has 0 saturated heterocycles. The van der Waals surface area contributed by atoms with Gasteiger partial charge in [0.15, 0.2) is 5.78 Å². The zero-order chi connectivity index (χ0) is 22.2. The van der Waals surface area contributed by atoms with Gasteiger partial charge in [-0.15, -0.1) is 0 Å². The monoisotopic (exact) mass is 431 g/mol. The molecule has 0 aromatic heterocycles. The number of rotatable bonds is 6. The standard InChI is InChI=1S/C25H34ClNO3/c1-7-19(27-30-9-3)23-20(28)10-16(11-21(23)29)22-15(5)14(4)17-12-25(6,8-2)13-18(17)24(22)26/h16,28H,7-13H2,1-6H3/b27-19-. The molecule has 0 amide bonds. The van der Waals surface area contributed by atoms with E-state index in [1.165, 1.54) is 16.7 Å². The van der Waals surface area contributed by atoms with Crippen molar-refractivity contribution >= 4 is 23.1 Å². The third kappa shape index (κ3) is 3.91. The summed E-state index contributed by atoms with van der Waals surface area (Å²) in [5.41, 5.74) is 7.19. The lowest BCUT2D eigenvalue weighted by molar-refractivity contribution is -0.116. The van der Waals surface area contributed by atoms with E-state index in [-0.39, 0.29) is 22.9 Å². The van der Waals surface area contributed by atoms with Crippen molar-refractivity contribution in [3.8, 4) is 0 Å². The maximum Gasteiger partial charge on any atom is 0.168 e. The molecule has 0 heterocycles. The van der Waals surface area contributed by atoms with E-state index < -0.39 is 0 Å². The first kappa shape index (κ1) is 22.9. The van der Waals surface area contributed by atoms with Gasteiger partial charge >= 0.3 is 0 Å². The molecule has 164 valence electrons. The van der Waals surface area contributed by atoms with Crippen molar-refractivity contribution in [3.05, 3.63) is 44.2 Å². The van der Waals surface area contributed by atoms with Crippen LogP contribution in [-0.2, 0) is 22.5 Å². The molecule has 0 radical (unpaired) electrons. The number of oxime groups is 1. The maximum atomic E-state index is 13.0. The van der Waals surface area contributed by atoms with Crippen molar-refractivity contribution in [2.24, 2.45) is 10.6 Å². The van der Waals surface area contributed by atoms with Gasteiger partial charge in [0.1, 0.15) is 12.4 Å². The Morgan fingerprint density at radius 3 is 2.40 bits per heavy atom. The smallest absolute Gasteiger partial charge is 0.168 e. The summed E-state index contributed by atoms with van der Waals surface area (Å²) in [5, 5.41) is 15.7. The summed E-state index contributed by atoms with van der Waals surface area (Å²) in [5.74, 6) is -0.101. The molecule has 1 aromatic rings. The molecule has 0 saturated carbocycles. The summed E-state index contributed by atoms with van der Waals surface area (Å²) in [6, 6.07) is 0. The molecule has 2 unspecified atom stereocenters. The Labute approximate surface area is 185 Å². The van der Waals surface area contributed by atoms with Crippen LogP contribution >= 0.6 is 11.6 Å². The van der Waals surface area contributed by atoms with Crippen LogP contribution in [0.1, 0.15) is 87.1 Å². The predicted octanol–water partition coefficient (Wildman–Crippen LogP) is 6.53. The van der Waals surface area contributed by atoms with Crippen molar-refractivity contribution in [2.45, 2.75) is 86.0 Å². The van der Waals surface area contributed by atoms with Crippen LogP contribution in [0.25, 0.3) is 0 Å². The summed E-state index contributed by atoms with van der Waals surface area (Å²) in [6.07, 6.45) is 4.39. The van der Waals surface area contributed by atoms with E-state index >= 15 is 0 Å². The largest absolute Gasteiger partial charge is 0.511 e. The highest BCUT2D eigenvalue weighted by Crippen LogP contribution is 2.49. The Bertz CT molecular complexity index is 931. The molecular weight excluding hydrogens is 398 g/mol. The van der Waals surface area contributed by atoms with E-state index in [0.717, 1.165) is 35.4 Å². The molecule has 2 aliphatic rings. The normalized spacial score (nSPS) is 24.4. The molecule has 2 atom stereocenters. The summed E-state index contributed by atoms with van der Waals surface area (Å²) < 4.78 is 0. The van der Waals surface area contributed by atoms with Gasteiger partial charge in [-0.05, 0) is 79.2 Å². The van der Waals surface area contributed by atoms with Gasteiger partial charge in [-0.3, -0.25) is 4.79 Å². The molecule has 5 heteroatoms. The lowest BCUT2D eigenvalue weighted by atomic mass is 9.78. The van der Waals surface area contributed by atoms with Gasteiger partial charge in [-0.25, -0.2) is 0 Å². The van der Waals surface area contributed by atoms with Crippen molar-refractivity contribution in [2.75, 3.05) is 6.61 Å². The highest BCUT2D eigenvalue weighted by molar-refractivity contribution is 6.32. The SMILES string of the molecule is CCO/N=C(/CC)C1=C(O)CC(c2c(C)c(C)c3c(c2Cl)CC(C)(CC)C3)CC1=O. The van der Waals surface area contributed by atoms with Crippen LogP contribution < -0.4 is 0 Å². The molecule has 30 heavy (non-hydrogen) atoms. The molecule has 0 spiro atoms. The fourth-order valence-corrected chi connectivity index (χ4v) is 5.52. The lowest BCUT2D eigenvalue weighted by Crippen LogP contribution is -2.24. The Morgan fingerprint density at radius 2 is 1.83 bits per heavy atom. The van der Waals surface area contributed by atoms with E-state index in [1.807, 2.05) is 13.8 Å². The van der Waals surface area contributed by atoms with Gasteiger partial charge in [0.05, 0.1) is 11.3 Å². The van der Waals surface area contributed by atoms with E-state index in [9.17, 15) is 9.90 Å². The number of carbonyl (C=O) groups excluding carboxylic acids is 1. The maximum absolute atomic E-state index is 13.0. The number of hydrogen-bond acceptors (Lipinski definition) is 4. The lowest BCUT2D eigenvalue weighted by Gasteiger charge is -2.28. The van der Waals surface area contributed by atoms with E-state index in [0.29, 0.717) is 37.2 Å². The predicted molar refractivity (Wildman–Crippen MR) is 123 cm³/mol. The number of aliphatic hydroxyl groups excluding tert-OH is 1. The molecule has 1 N–H and O–H groups in total. The van der Waals surface area contributed by atoms with Crippen LogP contribution in [0.3, 0.4) is 0 Å². The second-order valence-corrected chi connectivity index (χ2v) is 9.49. The Morgan fingerprint density at radius 1 is 1.17 bits per heavy atom. The first-order valence-corrected chi connectivity index (χ1v) is 11.5. The summed E-state index contributed by atoms with van der Waals surface area (Å²) in [7, 11) is 0. The number of nitrogens with zero attached hydrogens (tertiary/aromatic N) is 1. The van der Waals surface area contributed by atoms with Gasteiger partial charge in [-0.2, -0.15) is 0 Å². The minimum absolute atomic E-state index is 0.0870. The highest BCUT2D eigenvalue weighted by atomic mass is 35.5. The number of allylic oxidation sites excluding steroid dienone is 2. The molecule has 0 bridgehead atoms. The van der Waals surface area contributed by atoms with Crippen LogP contribution in [0.4, 0.5) is 0 Å². The minimum atomic E-state index is -0.114. The number of hydrogen-bond donors (Lipinski definition) is 1. The summed E-state index contributed by atoms with van der Waals surface area (Å²) in [4.78, 5) is 18.2. The molecule has 2 aliphatic carbocycles. The topological polar surface area (TPSA) is 58.9 Å². The summed E-state index contributed by atoms with van der Waals surface area (Å²) in [6.45, 7) is 13.0.